The highest BCUT2D eigenvalue weighted by atomic mass is 16.5. The van der Waals surface area contributed by atoms with Crippen LogP contribution in [-0.4, -0.2) is 66.1 Å². The molecular formula is C23H31N3O3. The maximum absolute atomic E-state index is 13.6. The number of benzene rings is 1. The number of carbonyl (C=O) groups is 1. The minimum Gasteiger partial charge on any atom is -0.443 e. The molecule has 156 valence electrons. The van der Waals surface area contributed by atoms with E-state index in [1.165, 1.54) is 25.7 Å². The summed E-state index contributed by atoms with van der Waals surface area (Å²) >= 11 is 0. The normalized spacial score (nSPS) is 18.7. The third-order valence-corrected chi connectivity index (χ3v) is 6.05. The molecule has 2 fully saturated rings. The molecule has 0 saturated carbocycles. The third kappa shape index (κ3) is 4.87. The molecule has 1 aromatic heterocycles. The van der Waals surface area contributed by atoms with Crippen LogP contribution in [0.2, 0.25) is 0 Å². The largest absolute Gasteiger partial charge is 0.443 e. The Labute approximate surface area is 172 Å². The number of aryl methyl sites for hydroxylation is 1. The lowest BCUT2D eigenvalue weighted by Gasteiger charge is -2.36. The Balaban J connectivity index is 1.55. The molecule has 2 aliphatic heterocycles. The fourth-order valence-corrected chi connectivity index (χ4v) is 4.40. The van der Waals surface area contributed by atoms with Crippen LogP contribution in [0.4, 0.5) is 0 Å². The highest BCUT2D eigenvalue weighted by Crippen LogP contribution is 2.27. The van der Waals surface area contributed by atoms with Gasteiger partial charge in [0.05, 0.1) is 0 Å². The van der Waals surface area contributed by atoms with Gasteiger partial charge in [0.2, 0.25) is 0 Å². The summed E-state index contributed by atoms with van der Waals surface area (Å²) in [5.41, 5.74) is 2.44. The Morgan fingerprint density at radius 1 is 1.21 bits per heavy atom. The van der Waals surface area contributed by atoms with Crippen molar-refractivity contribution in [3.63, 3.8) is 0 Å². The molecule has 1 aromatic carbocycles. The molecule has 3 heterocycles. The number of likely N-dealkylation sites (tertiary alicyclic amines) is 1. The van der Waals surface area contributed by atoms with Crippen LogP contribution in [0.25, 0.3) is 11.3 Å². The lowest BCUT2D eigenvalue weighted by atomic mass is 10.0. The smallest absolute Gasteiger partial charge is 0.276 e. The molecule has 1 amide bonds. The van der Waals surface area contributed by atoms with Gasteiger partial charge < -0.3 is 19.0 Å². The molecule has 0 bridgehead atoms. The van der Waals surface area contributed by atoms with Crippen molar-refractivity contribution < 1.29 is 13.9 Å². The molecule has 4 rings (SSSR count). The van der Waals surface area contributed by atoms with Crippen LogP contribution in [0, 0.1) is 6.92 Å². The fourth-order valence-electron chi connectivity index (χ4n) is 4.40. The predicted octanol–water partition coefficient (Wildman–Crippen LogP) is 3.76. The molecule has 0 unspecified atom stereocenters. The summed E-state index contributed by atoms with van der Waals surface area (Å²) in [6.07, 6.45) is 6.97. The highest BCUT2D eigenvalue weighted by molar-refractivity contribution is 5.97. The predicted molar refractivity (Wildman–Crippen MR) is 112 cm³/mol. The zero-order chi connectivity index (χ0) is 20.1. The standard InChI is InChI=1S/C23H31N3O3/c1-18-6-5-7-19(16-18)22-21(24-17-29-22)23(27)26(20-8-14-28-15-9-20)13-12-25-10-3-2-4-11-25/h5-7,16-17,20H,2-4,8-15H2,1H3. The van der Waals surface area contributed by atoms with Crippen LogP contribution < -0.4 is 0 Å². The van der Waals surface area contributed by atoms with E-state index in [0.717, 1.165) is 50.1 Å². The molecule has 29 heavy (non-hydrogen) atoms. The first-order valence-corrected chi connectivity index (χ1v) is 10.8. The summed E-state index contributed by atoms with van der Waals surface area (Å²) in [7, 11) is 0. The molecule has 6 nitrogen and oxygen atoms in total. The van der Waals surface area contributed by atoms with Crippen molar-refractivity contribution in [2.75, 3.05) is 39.4 Å². The first kappa shape index (κ1) is 20.1. The molecule has 0 atom stereocenters. The third-order valence-electron chi connectivity index (χ3n) is 6.05. The Bertz CT molecular complexity index is 807. The minimum atomic E-state index is -0.0286. The molecule has 2 aromatic rings. The van der Waals surface area contributed by atoms with Gasteiger partial charge in [0, 0.05) is 37.9 Å². The molecule has 0 spiro atoms. The average molecular weight is 398 g/mol. The van der Waals surface area contributed by atoms with Crippen LogP contribution in [0.3, 0.4) is 0 Å². The summed E-state index contributed by atoms with van der Waals surface area (Å²) in [5.74, 6) is 0.535. The number of oxazole rings is 1. The first-order chi connectivity index (χ1) is 14.2. The van der Waals surface area contributed by atoms with Crippen molar-refractivity contribution in [2.45, 2.75) is 45.1 Å². The van der Waals surface area contributed by atoms with Gasteiger partial charge in [0.25, 0.3) is 5.91 Å². The van der Waals surface area contributed by atoms with E-state index in [2.05, 4.69) is 9.88 Å². The van der Waals surface area contributed by atoms with Crippen molar-refractivity contribution in [2.24, 2.45) is 0 Å². The van der Waals surface area contributed by atoms with Crippen molar-refractivity contribution in [1.29, 1.82) is 0 Å². The van der Waals surface area contributed by atoms with Crippen LogP contribution in [0.1, 0.15) is 48.2 Å². The number of carbonyl (C=O) groups excluding carboxylic acids is 1. The van der Waals surface area contributed by atoms with E-state index in [9.17, 15) is 4.79 Å². The molecule has 0 aliphatic carbocycles. The van der Waals surface area contributed by atoms with Crippen molar-refractivity contribution in [3.05, 3.63) is 41.9 Å². The van der Waals surface area contributed by atoms with Crippen molar-refractivity contribution in [3.8, 4) is 11.3 Å². The number of amides is 1. The van der Waals surface area contributed by atoms with E-state index in [1.807, 2.05) is 36.1 Å². The number of ether oxygens (including phenoxy) is 1. The van der Waals surface area contributed by atoms with Gasteiger partial charge in [0.1, 0.15) is 0 Å². The monoisotopic (exact) mass is 397 g/mol. The van der Waals surface area contributed by atoms with Gasteiger partial charge in [-0.05, 0) is 51.8 Å². The van der Waals surface area contributed by atoms with Gasteiger partial charge in [-0.25, -0.2) is 4.98 Å². The highest BCUT2D eigenvalue weighted by Gasteiger charge is 2.30. The number of hydrogen-bond acceptors (Lipinski definition) is 5. The van der Waals surface area contributed by atoms with E-state index in [0.29, 0.717) is 24.7 Å². The van der Waals surface area contributed by atoms with Crippen molar-refractivity contribution in [1.82, 2.24) is 14.8 Å². The SMILES string of the molecule is Cc1cccc(-c2ocnc2C(=O)N(CCN2CCCCC2)C2CCOCC2)c1. The maximum atomic E-state index is 13.6. The zero-order valence-corrected chi connectivity index (χ0v) is 17.3. The number of aromatic nitrogens is 1. The van der Waals surface area contributed by atoms with E-state index < -0.39 is 0 Å². The quantitative estimate of drug-likeness (QED) is 0.743. The number of piperidine rings is 1. The van der Waals surface area contributed by atoms with Crippen LogP contribution in [0.5, 0.6) is 0 Å². The Kier molecular flexibility index (Phi) is 6.62. The minimum absolute atomic E-state index is 0.0286. The van der Waals surface area contributed by atoms with Crippen LogP contribution in [0.15, 0.2) is 35.1 Å². The summed E-state index contributed by atoms with van der Waals surface area (Å²) in [5, 5.41) is 0. The Hall–Kier alpha value is -2.18. The zero-order valence-electron chi connectivity index (χ0n) is 17.3. The summed E-state index contributed by atoms with van der Waals surface area (Å²) in [6, 6.07) is 8.21. The fraction of sp³-hybridized carbons (Fsp3) is 0.565. The van der Waals surface area contributed by atoms with Crippen LogP contribution in [-0.2, 0) is 4.74 Å². The van der Waals surface area contributed by atoms with E-state index in [-0.39, 0.29) is 11.9 Å². The number of hydrogen-bond donors (Lipinski definition) is 0. The Morgan fingerprint density at radius 3 is 2.76 bits per heavy atom. The first-order valence-electron chi connectivity index (χ1n) is 10.8. The van der Waals surface area contributed by atoms with E-state index in [1.54, 1.807) is 0 Å². The van der Waals surface area contributed by atoms with Gasteiger partial charge >= 0.3 is 0 Å². The lowest BCUT2D eigenvalue weighted by molar-refractivity contribution is 0.0256. The van der Waals surface area contributed by atoms with Crippen molar-refractivity contribution >= 4 is 5.91 Å². The second-order valence-electron chi connectivity index (χ2n) is 8.14. The van der Waals surface area contributed by atoms with Gasteiger partial charge in [-0.3, -0.25) is 4.79 Å². The molecule has 6 heteroatoms. The van der Waals surface area contributed by atoms with E-state index in [4.69, 9.17) is 9.15 Å². The Morgan fingerprint density at radius 2 is 2.00 bits per heavy atom. The topological polar surface area (TPSA) is 58.8 Å². The summed E-state index contributed by atoms with van der Waals surface area (Å²) < 4.78 is 11.2. The summed E-state index contributed by atoms with van der Waals surface area (Å²) in [6.45, 7) is 7.37. The molecule has 2 aliphatic rings. The molecule has 2 saturated heterocycles. The molecule has 0 radical (unpaired) electrons. The van der Waals surface area contributed by atoms with Gasteiger partial charge in [0.15, 0.2) is 17.8 Å². The maximum Gasteiger partial charge on any atom is 0.276 e. The second kappa shape index (κ2) is 9.55. The second-order valence-corrected chi connectivity index (χ2v) is 8.14. The van der Waals surface area contributed by atoms with Crippen LogP contribution >= 0.6 is 0 Å². The van der Waals surface area contributed by atoms with Gasteiger partial charge in [-0.2, -0.15) is 0 Å². The lowest BCUT2D eigenvalue weighted by Crippen LogP contribution is -2.47. The molecule has 0 N–H and O–H groups in total. The summed E-state index contributed by atoms with van der Waals surface area (Å²) in [4.78, 5) is 22.4. The van der Waals surface area contributed by atoms with Gasteiger partial charge in [-0.1, -0.05) is 30.2 Å². The van der Waals surface area contributed by atoms with Gasteiger partial charge in [-0.15, -0.1) is 0 Å². The average Bonchev–Trinajstić information content (AvgIpc) is 3.25. The number of rotatable bonds is 6. The number of nitrogens with zero attached hydrogens (tertiary/aromatic N) is 3. The van der Waals surface area contributed by atoms with E-state index >= 15 is 0 Å². The molecular weight excluding hydrogens is 366 g/mol.